The number of benzene rings is 1. The van der Waals surface area contributed by atoms with Crippen LogP contribution in [-0.4, -0.2) is 60.0 Å². The quantitative estimate of drug-likeness (QED) is 0.520. The van der Waals surface area contributed by atoms with Gasteiger partial charge in [-0.25, -0.2) is 4.98 Å². The van der Waals surface area contributed by atoms with E-state index in [4.69, 9.17) is 21.1 Å². The van der Waals surface area contributed by atoms with Crippen LogP contribution in [0.15, 0.2) is 30.5 Å². The maximum absolute atomic E-state index is 6.82. The lowest BCUT2D eigenvalue weighted by atomic mass is 9.82. The molecule has 2 aromatic heterocycles. The standard InChI is InChI=1S/C27H33ClN4O2/c1-27(4-7-34-8-5-27)16-32-14-19-9-18(10-20(19)15-32)21-12-22-24(13-23(21)28)30-31-26(22)17-3-6-29-25(11-17)33-2/h3,6,11-13,18-20H,4-5,7-10,14-16H2,1-2H3,(H,30,31)/t18?,19-,20+. The van der Waals surface area contributed by atoms with Crippen LogP contribution in [0.4, 0.5) is 0 Å². The molecule has 1 aliphatic carbocycles. The van der Waals surface area contributed by atoms with Crippen LogP contribution < -0.4 is 4.74 Å². The van der Waals surface area contributed by atoms with Crippen LogP contribution in [0.5, 0.6) is 5.88 Å². The topological polar surface area (TPSA) is 63.3 Å². The molecule has 0 radical (unpaired) electrons. The lowest BCUT2D eigenvalue weighted by molar-refractivity contribution is 0.00740. The van der Waals surface area contributed by atoms with Crippen LogP contribution >= 0.6 is 11.6 Å². The van der Waals surface area contributed by atoms with Crippen LogP contribution in [0.3, 0.4) is 0 Å². The van der Waals surface area contributed by atoms with E-state index in [-0.39, 0.29) is 0 Å². The van der Waals surface area contributed by atoms with E-state index in [9.17, 15) is 0 Å². The number of hydrogen-bond donors (Lipinski definition) is 1. The summed E-state index contributed by atoms with van der Waals surface area (Å²) in [6.45, 7) is 7.96. The van der Waals surface area contributed by atoms with Gasteiger partial charge in [0.05, 0.1) is 12.6 Å². The third-order valence-electron chi connectivity index (χ3n) is 8.47. The second kappa shape index (κ2) is 8.81. The number of ether oxygens (including phenoxy) is 2. The summed E-state index contributed by atoms with van der Waals surface area (Å²) in [5.74, 6) is 2.65. The summed E-state index contributed by atoms with van der Waals surface area (Å²) in [6, 6.07) is 8.22. The Balaban J connectivity index is 1.20. The molecule has 6 rings (SSSR count). The molecule has 0 amide bonds. The molecule has 1 saturated carbocycles. The minimum absolute atomic E-state index is 0.415. The van der Waals surface area contributed by atoms with E-state index < -0.39 is 0 Å². The first kappa shape index (κ1) is 22.3. The Morgan fingerprint density at radius 2 is 1.94 bits per heavy atom. The zero-order chi connectivity index (χ0) is 23.3. The summed E-state index contributed by atoms with van der Waals surface area (Å²) in [4.78, 5) is 6.96. The number of nitrogens with zero attached hydrogens (tertiary/aromatic N) is 3. The normalized spacial score (nSPS) is 26.7. The third kappa shape index (κ3) is 4.10. The van der Waals surface area contributed by atoms with Crippen molar-refractivity contribution in [3.05, 3.63) is 41.0 Å². The summed E-state index contributed by atoms with van der Waals surface area (Å²) in [5.41, 5.74) is 4.57. The maximum atomic E-state index is 6.82. The van der Waals surface area contributed by atoms with E-state index in [1.165, 1.54) is 50.9 Å². The molecular weight excluding hydrogens is 448 g/mol. The highest BCUT2D eigenvalue weighted by Crippen LogP contribution is 2.49. The number of aromatic amines is 1. The Hall–Kier alpha value is -2.15. The summed E-state index contributed by atoms with van der Waals surface area (Å²) in [5, 5.41) is 9.72. The molecule has 3 aliphatic rings. The van der Waals surface area contributed by atoms with Gasteiger partial charge in [-0.3, -0.25) is 5.10 Å². The Kier molecular flexibility index (Phi) is 5.79. The van der Waals surface area contributed by atoms with Crippen molar-refractivity contribution in [2.45, 2.75) is 38.5 Å². The van der Waals surface area contributed by atoms with Crippen molar-refractivity contribution < 1.29 is 9.47 Å². The maximum Gasteiger partial charge on any atom is 0.213 e. The predicted molar refractivity (Wildman–Crippen MR) is 134 cm³/mol. The second-order valence-corrected chi connectivity index (χ2v) is 11.3. The first-order chi connectivity index (χ1) is 16.5. The summed E-state index contributed by atoms with van der Waals surface area (Å²) < 4.78 is 10.9. The molecular formula is C27H33ClN4O2. The van der Waals surface area contributed by atoms with Crippen LogP contribution in [0.2, 0.25) is 5.02 Å². The number of H-pyrrole nitrogens is 1. The minimum Gasteiger partial charge on any atom is -0.481 e. The van der Waals surface area contributed by atoms with Gasteiger partial charge in [-0.15, -0.1) is 0 Å². The molecule has 34 heavy (non-hydrogen) atoms. The number of likely N-dealkylation sites (tertiary alicyclic amines) is 1. The lowest BCUT2D eigenvalue weighted by Crippen LogP contribution is -2.39. The van der Waals surface area contributed by atoms with E-state index in [1.54, 1.807) is 13.3 Å². The Bertz CT molecular complexity index is 1170. The Labute approximate surface area is 206 Å². The van der Waals surface area contributed by atoms with Gasteiger partial charge in [0.25, 0.3) is 0 Å². The highest BCUT2D eigenvalue weighted by molar-refractivity contribution is 6.32. The highest BCUT2D eigenvalue weighted by atomic mass is 35.5. The molecule has 2 aliphatic heterocycles. The van der Waals surface area contributed by atoms with Crippen molar-refractivity contribution in [2.24, 2.45) is 17.3 Å². The molecule has 180 valence electrons. The molecule has 7 heteroatoms. The molecule has 4 heterocycles. The molecule has 3 aromatic rings. The van der Waals surface area contributed by atoms with Gasteiger partial charge in [-0.2, -0.15) is 5.10 Å². The summed E-state index contributed by atoms with van der Waals surface area (Å²) in [7, 11) is 1.63. The fourth-order valence-corrected chi connectivity index (χ4v) is 6.92. The average molecular weight is 481 g/mol. The fourth-order valence-electron chi connectivity index (χ4n) is 6.60. The van der Waals surface area contributed by atoms with Crippen molar-refractivity contribution in [1.29, 1.82) is 0 Å². The smallest absolute Gasteiger partial charge is 0.213 e. The number of nitrogens with one attached hydrogen (secondary N) is 1. The number of pyridine rings is 1. The van der Waals surface area contributed by atoms with Crippen molar-refractivity contribution in [3.8, 4) is 17.1 Å². The lowest BCUT2D eigenvalue weighted by Gasteiger charge is -2.37. The number of aromatic nitrogens is 3. The van der Waals surface area contributed by atoms with Crippen LogP contribution in [-0.2, 0) is 4.74 Å². The number of rotatable bonds is 5. The van der Waals surface area contributed by atoms with Gasteiger partial charge in [0.15, 0.2) is 0 Å². The largest absolute Gasteiger partial charge is 0.481 e. The summed E-state index contributed by atoms with van der Waals surface area (Å²) >= 11 is 6.82. The zero-order valence-corrected chi connectivity index (χ0v) is 20.8. The third-order valence-corrected chi connectivity index (χ3v) is 8.80. The molecule has 1 unspecified atom stereocenters. The van der Waals surface area contributed by atoms with Crippen molar-refractivity contribution in [1.82, 2.24) is 20.1 Å². The number of hydrogen-bond acceptors (Lipinski definition) is 5. The van der Waals surface area contributed by atoms with Crippen molar-refractivity contribution in [2.75, 3.05) is 40.0 Å². The summed E-state index contributed by atoms with van der Waals surface area (Å²) in [6.07, 6.45) is 6.59. The first-order valence-corrected chi connectivity index (χ1v) is 12.9. The molecule has 0 bridgehead atoms. The van der Waals surface area contributed by atoms with Gasteiger partial charge in [0, 0.05) is 61.1 Å². The van der Waals surface area contributed by atoms with E-state index >= 15 is 0 Å². The molecule has 3 fully saturated rings. The molecule has 2 saturated heterocycles. The second-order valence-electron chi connectivity index (χ2n) is 10.9. The molecule has 1 aromatic carbocycles. The molecule has 0 spiro atoms. The van der Waals surface area contributed by atoms with Gasteiger partial charge in [-0.05, 0) is 72.6 Å². The first-order valence-electron chi connectivity index (χ1n) is 12.5. The average Bonchev–Trinajstić information content (AvgIpc) is 3.51. The Morgan fingerprint density at radius 1 is 1.18 bits per heavy atom. The van der Waals surface area contributed by atoms with E-state index in [0.29, 0.717) is 17.2 Å². The highest BCUT2D eigenvalue weighted by Gasteiger charge is 2.43. The van der Waals surface area contributed by atoms with E-state index in [0.717, 1.165) is 52.2 Å². The predicted octanol–water partition coefficient (Wildman–Crippen LogP) is 5.53. The SMILES string of the molecule is COc1cc(-c2n[nH]c3cc(Cl)c(C4C[C@@H]5CN(CC6(C)CCOCC6)C[C@@H]5C4)cc23)ccn1. The van der Waals surface area contributed by atoms with E-state index in [1.807, 2.05) is 18.2 Å². The van der Waals surface area contributed by atoms with Crippen LogP contribution in [0, 0.1) is 17.3 Å². The van der Waals surface area contributed by atoms with Crippen molar-refractivity contribution >= 4 is 22.5 Å². The monoisotopic (exact) mass is 480 g/mol. The fraction of sp³-hybridized carbons (Fsp3) is 0.556. The van der Waals surface area contributed by atoms with Gasteiger partial charge < -0.3 is 14.4 Å². The van der Waals surface area contributed by atoms with Gasteiger partial charge in [-0.1, -0.05) is 18.5 Å². The number of fused-ring (bicyclic) bond motifs is 2. The van der Waals surface area contributed by atoms with Crippen LogP contribution in [0.25, 0.3) is 22.2 Å². The molecule has 6 nitrogen and oxygen atoms in total. The van der Waals surface area contributed by atoms with Crippen molar-refractivity contribution in [3.63, 3.8) is 0 Å². The van der Waals surface area contributed by atoms with Crippen LogP contribution in [0.1, 0.15) is 44.1 Å². The minimum atomic E-state index is 0.415. The molecule has 3 atom stereocenters. The number of methoxy groups -OCH3 is 1. The van der Waals surface area contributed by atoms with E-state index in [2.05, 4.69) is 33.1 Å². The van der Waals surface area contributed by atoms with Gasteiger partial charge in [0.1, 0.15) is 5.69 Å². The zero-order valence-electron chi connectivity index (χ0n) is 20.0. The Morgan fingerprint density at radius 3 is 2.68 bits per heavy atom. The van der Waals surface area contributed by atoms with Gasteiger partial charge >= 0.3 is 0 Å². The number of halogens is 1. The van der Waals surface area contributed by atoms with Gasteiger partial charge in [0.2, 0.25) is 5.88 Å². The molecule has 1 N–H and O–H groups in total.